The molecule has 0 saturated carbocycles. The monoisotopic (exact) mass is 393 g/mol. The number of benzene rings is 2. The molecule has 0 bridgehead atoms. The van der Waals surface area contributed by atoms with Crippen LogP contribution in [0.25, 0.3) is 10.9 Å². The van der Waals surface area contributed by atoms with Gasteiger partial charge in [0.25, 0.3) is 5.91 Å². The molecular formula is C23H24ClN3O. The van der Waals surface area contributed by atoms with Crippen molar-refractivity contribution in [1.29, 1.82) is 0 Å². The van der Waals surface area contributed by atoms with E-state index in [0.717, 1.165) is 60.6 Å². The Labute approximate surface area is 170 Å². The van der Waals surface area contributed by atoms with E-state index in [-0.39, 0.29) is 5.91 Å². The summed E-state index contributed by atoms with van der Waals surface area (Å²) in [6, 6.07) is 18.4. The van der Waals surface area contributed by atoms with Gasteiger partial charge in [0.2, 0.25) is 0 Å². The lowest BCUT2D eigenvalue weighted by molar-refractivity contribution is 0.0698. The summed E-state index contributed by atoms with van der Waals surface area (Å²) in [5.41, 5.74) is 3.18. The van der Waals surface area contributed by atoms with E-state index < -0.39 is 0 Å². The van der Waals surface area contributed by atoms with Crippen molar-refractivity contribution in [3.05, 3.63) is 70.9 Å². The van der Waals surface area contributed by atoms with Gasteiger partial charge in [0, 0.05) is 23.5 Å². The summed E-state index contributed by atoms with van der Waals surface area (Å²) < 4.78 is 2.16. The summed E-state index contributed by atoms with van der Waals surface area (Å²) >= 11 is 6.30. The van der Waals surface area contributed by atoms with Crippen molar-refractivity contribution in [1.82, 2.24) is 14.4 Å². The first kappa shape index (κ1) is 17.8. The summed E-state index contributed by atoms with van der Waals surface area (Å²) in [5.74, 6) is 0.747. The Morgan fingerprint density at radius 2 is 1.75 bits per heavy atom. The lowest BCUT2D eigenvalue weighted by atomic mass is 9.96. The van der Waals surface area contributed by atoms with Gasteiger partial charge in [-0.25, -0.2) is 0 Å². The van der Waals surface area contributed by atoms with E-state index in [2.05, 4.69) is 27.7 Å². The number of hydrogen-bond acceptors (Lipinski definition) is 2. The maximum atomic E-state index is 12.9. The van der Waals surface area contributed by atoms with E-state index in [9.17, 15) is 4.79 Å². The first-order chi connectivity index (χ1) is 13.7. The maximum absolute atomic E-state index is 12.9. The van der Waals surface area contributed by atoms with Crippen molar-refractivity contribution in [2.75, 3.05) is 19.6 Å². The molecule has 2 aliphatic rings. The summed E-state index contributed by atoms with van der Waals surface area (Å²) in [6.45, 7) is 4.57. The second kappa shape index (κ2) is 7.26. The smallest absolute Gasteiger partial charge is 0.272 e. The Balaban J connectivity index is 1.19. The molecule has 5 rings (SSSR count). The van der Waals surface area contributed by atoms with Gasteiger partial charge in [-0.1, -0.05) is 48.0 Å². The fraction of sp³-hybridized carbons (Fsp3) is 0.348. The lowest BCUT2D eigenvalue weighted by Crippen LogP contribution is -2.38. The Hall–Kier alpha value is -2.30. The minimum Gasteiger partial charge on any atom is -0.319 e. The van der Waals surface area contributed by atoms with E-state index in [4.69, 9.17) is 11.6 Å². The molecule has 5 heteroatoms. The second-order valence-corrected chi connectivity index (χ2v) is 8.40. The van der Waals surface area contributed by atoms with E-state index in [0.29, 0.717) is 12.6 Å². The van der Waals surface area contributed by atoms with Gasteiger partial charge in [-0.05, 0) is 55.6 Å². The Morgan fingerprint density at radius 1 is 1.00 bits per heavy atom. The molecule has 1 aromatic heterocycles. The van der Waals surface area contributed by atoms with Crippen LogP contribution in [0, 0.1) is 5.92 Å². The zero-order valence-electron chi connectivity index (χ0n) is 15.9. The average molecular weight is 394 g/mol. The molecule has 0 spiro atoms. The Kier molecular flexibility index (Phi) is 4.61. The largest absolute Gasteiger partial charge is 0.319 e. The molecule has 2 aliphatic heterocycles. The van der Waals surface area contributed by atoms with Gasteiger partial charge in [0.05, 0.1) is 12.2 Å². The number of para-hydroxylation sites is 1. The predicted octanol–water partition coefficient (Wildman–Crippen LogP) is 4.62. The van der Waals surface area contributed by atoms with Gasteiger partial charge >= 0.3 is 0 Å². The van der Waals surface area contributed by atoms with Gasteiger partial charge in [0.1, 0.15) is 5.69 Å². The zero-order valence-corrected chi connectivity index (χ0v) is 16.6. The van der Waals surface area contributed by atoms with Crippen LogP contribution in [0.3, 0.4) is 0 Å². The second-order valence-electron chi connectivity index (χ2n) is 8.00. The number of likely N-dealkylation sites (tertiary alicyclic amines) is 1. The Morgan fingerprint density at radius 3 is 2.57 bits per heavy atom. The molecule has 1 fully saturated rings. The molecule has 4 nitrogen and oxygen atoms in total. The first-order valence-corrected chi connectivity index (χ1v) is 10.4. The summed E-state index contributed by atoms with van der Waals surface area (Å²) in [4.78, 5) is 17.4. The molecule has 144 valence electrons. The standard InChI is InChI=1S/C23H24ClN3O/c24-20-7-3-1-6-19(20)15-25-11-9-17(10-12-25)14-26-16-27-21-8-4-2-5-18(21)13-22(27)23(26)28/h1-8,13,17H,9-12,14-16H2. The molecule has 2 aromatic carbocycles. The highest BCUT2D eigenvalue weighted by molar-refractivity contribution is 6.31. The molecule has 0 aliphatic carbocycles. The van der Waals surface area contributed by atoms with Crippen LogP contribution in [0.5, 0.6) is 0 Å². The van der Waals surface area contributed by atoms with Crippen LogP contribution in [0.2, 0.25) is 5.02 Å². The van der Waals surface area contributed by atoms with Gasteiger partial charge < -0.3 is 9.47 Å². The van der Waals surface area contributed by atoms with E-state index in [1.54, 1.807) is 0 Å². The minimum atomic E-state index is 0.176. The highest BCUT2D eigenvalue weighted by Gasteiger charge is 2.31. The molecule has 1 saturated heterocycles. The van der Waals surface area contributed by atoms with Crippen molar-refractivity contribution in [3.8, 4) is 0 Å². The molecule has 3 aromatic rings. The van der Waals surface area contributed by atoms with E-state index >= 15 is 0 Å². The number of nitrogens with zero attached hydrogens (tertiary/aromatic N) is 3. The first-order valence-electron chi connectivity index (χ1n) is 10.0. The average Bonchev–Trinajstić information content (AvgIpc) is 3.22. The molecule has 1 amide bonds. The highest BCUT2D eigenvalue weighted by Crippen LogP contribution is 2.29. The number of aromatic nitrogens is 1. The molecule has 0 radical (unpaired) electrons. The van der Waals surface area contributed by atoms with Gasteiger partial charge in [0.15, 0.2) is 0 Å². The normalized spacial score (nSPS) is 18.2. The third-order valence-corrected chi connectivity index (χ3v) is 6.54. The number of piperidine rings is 1. The van der Waals surface area contributed by atoms with Crippen LogP contribution in [0.1, 0.15) is 28.9 Å². The molecule has 3 heterocycles. The van der Waals surface area contributed by atoms with Crippen LogP contribution >= 0.6 is 11.6 Å². The lowest BCUT2D eigenvalue weighted by Gasteiger charge is -2.33. The number of amides is 1. The van der Waals surface area contributed by atoms with Crippen molar-refractivity contribution in [2.45, 2.75) is 26.1 Å². The summed E-state index contributed by atoms with van der Waals surface area (Å²) in [7, 11) is 0. The minimum absolute atomic E-state index is 0.176. The van der Waals surface area contributed by atoms with Crippen molar-refractivity contribution in [2.24, 2.45) is 5.92 Å². The van der Waals surface area contributed by atoms with Crippen LogP contribution in [0.15, 0.2) is 54.6 Å². The number of halogens is 1. The zero-order chi connectivity index (χ0) is 19.1. The quantitative estimate of drug-likeness (QED) is 0.647. The molecule has 0 unspecified atom stereocenters. The topological polar surface area (TPSA) is 28.5 Å². The number of rotatable bonds is 4. The number of hydrogen-bond donors (Lipinski definition) is 0. The third-order valence-electron chi connectivity index (χ3n) is 6.17. The predicted molar refractivity (Wildman–Crippen MR) is 112 cm³/mol. The fourth-order valence-corrected chi connectivity index (χ4v) is 4.78. The number of fused-ring (bicyclic) bond motifs is 3. The summed E-state index contributed by atoms with van der Waals surface area (Å²) in [6.07, 6.45) is 2.26. The summed E-state index contributed by atoms with van der Waals surface area (Å²) in [5, 5.41) is 2.00. The van der Waals surface area contributed by atoms with Crippen molar-refractivity contribution < 1.29 is 4.79 Å². The number of carbonyl (C=O) groups excluding carboxylic acids is 1. The molecule has 28 heavy (non-hydrogen) atoms. The van der Waals surface area contributed by atoms with Gasteiger partial charge in [-0.15, -0.1) is 0 Å². The van der Waals surface area contributed by atoms with E-state index in [1.807, 2.05) is 41.3 Å². The van der Waals surface area contributed by atoms with Crippen LogP contribution in [0.4, 0.5) is 0 Å². The van der Waals surface area contributed by atoms with Gasteiger partial charge in [-0.2, -0.15) is 0 Å². The van der Waals surface area contributed by atoms with Gasteiger partial charge in [-0.3, -0.25) is 9.69 Å². The van der Waals surface area contributed by atoms with Crippen molar-refractivity contribution >= 4 is 28.4 Å². The molecular weight excluding hydrogens is 370 g/mol. The molecule has 0 atom stereocenters. The van der Waals surface area contributed by atoms with Crippen LogP contribution in [-0.4, -0.2) is 39.9 Å². The maximum Gasteiger partial charge on any atom is 0.272 e. The Bertz CT molecular complexity index is 1020. The SMILES string of the molecule is O=C1c2cc3ccccc3n2CN1CC1CCN(Cc2ccccc2Cl)CC1. The number of carbonyl (C=O) groups is 1. The molecule has 0 N–H and O–H groups in total. The van der Waals surface area contributed by atoms with Crippen LogP contribution < -0.4 is 0 Å². The fourth-order valence-electron chi connectivity index (χ4n) is 4.58. The highest BCUT2D eigenvalue weighted by atomic mass is 35.5. The third kappa shape index (κ3) is 3.21. The van der Waals surface area contributed by atoms with Crippen LogP contribution in [-0.2, 0) is 13.2 Å². The van der Waals surface area contributed by atoms with Crippen molar-refractivity contribution in [3.63, 3.8) is 0 Å². The van der Waals surface area contributed by atoms with E-state index in [1.165, 1.54) is 5.56 Å².